The lowest BCUT2D eigenvalue weighted by Gasteiger charge is -1.98. The van der Waals surface area contributed by atoms with E-state index in [9.17, 15) is 0 Å². The van der Waals surface area contributed by atoms with Gasteiger partial charge in [0.25, 0.3) is 0 Å². The summed E-state index contributed by atoms with van der Waals surface area (Å²) < 4.78 is 1.96. The molecule has 0 aliphatic heterocycles. The first kappa shape index (κ1) is 12.4. The fourth-order valence-electron chi connectivity index (χ4n) is 1.89. The Balaban J connectivity index is 2.14. The van der Waals surface area contributed by atoms with Crippen LogP contribution >= 0.6 is 11.3 Å². The molecule has 0 radical (unpaired) electrons. The summed E-state index contributed by atoms with van der Waals surface area (Å²) in [7, 11) is 0. The molecule has 6 nitrogen and oxygen atoms in total. The molecule has 20 heavy (non-hydrogen) atoms. The molecule has 0 fully saturated rings. The number of nitrogens with two attached hydrogens (primary N) is 2. The van der Waals surface area contributed by atoms with Crippen molar-refractivity contribution >= 4 is 28.5 Å². The molecule has 0 aliphatic carbocycles. The van der Waals surface area contributed by atoms with Crippen LogP contribution in [0.2, 0.25) is 0 Å². The van der Waals surface area contributed by atoms with Crippen LogP contribution < -0.4 is 11.5 Å². The molecular formula is C13H12N6S. The summed E-state index contributed by atoms with van der Waals surface area (Å²) in [6.07, 6.45) is 3.55. The fraction of sp³-hybridized carbons (Fsp3) is 0. The summed E-state index contributed by atoms with van der Waals surface area (Å²) in [6.45, 7) is 0. The fourth-order valence-corrected chi connectivity index (χ4v) is 2.61. The van der Waals surface area contributed by atoms with Gasteiger partial charge in [0.2, 0.25) is 5.96 Å². The molecular weight excluding hydrogens is 272 g/mol. The summed E-state index contributed by atoms with van der Waals surface area (Å²) in [4.78, 5) is 5.52. The number of thiazole rings is 1. The van der Waals surface area contributed by atoms with Crippen LogP contribution in [0.3, 0.4) is 0 Å². The van der Waals surface area contributed by atoms with Gasteiger partial charge in [-0.05, 0) is 0 Å². The van der Waals surface area contributed by atoms with Crippen LogP contribution in [-0.4, -0.2) is 21.6 Å². The number of nitrogens with zero attached hydrogens (tertiary/aromatic N) is 4. The van der Waals surface area contributed by atoms with Crippen molar-refractivity contribution in [2.24, 2.45) is 21.7 Å². The molecule has 1 aromatic carbocycles. The molecule has 0 bridgehead atoms. The van der Waals surface area contributed by atoms with Crippen LogP contribution in [0.5, 0.6) is 0 Å². The third kappa shape index (κ3) is 2.26. The minimum Gasteiger partial charge on any atom is -0.369 e. The molecule has 0 unspecified atom stereocenters. The highest BCUT2D eigenvalue weighted by molar-refractivity contribution is 7.15. The molecule has 0 spiro atoms. The Morgan fingerprint density at radius 1 is 1.25 bits per heavy atom. The Bertz CT molecular complexity index is 780. The van der Waals surface area contributed by atoms with E-state index in [1.54, 1.807) is 17.6 Å². The first-order chi connectivity index (χ1) is 9.75. The maximum atomic E-state index is 5.27. The van der Waals surface area contributed by atoms with Crippen molar-refractivity contribution in [1.82, 2.24) is 9.38 Å². The zero-order chi connectivity index (χ0) is 13.9. The van der Waals surface area contributed by atoms with Crippen LogP contribution in [0, 0.1) is 0 Å². The summed E-state index contributed by atoms with van der Waals surface area (Å²) in [5.41, 5.74) is 13.3. The number of rotatable bonds is 3. The predicted molar refractivity (Wildman–Crippen MR) is 81.9 cm³/mol. The van der Waals surface area contributed by atoms with Crippen molar-refractivity contribution in [1.29, 1.82) is 0 Å². The van der Waals surface area contributed by atoms with E-state index >= 15 is 0 Å². The Labute approximate surface area is 119 Å². The maximum absolute atomic E-state index is 5.27. The Morgan fingerprint density at radius 3 is 2.80 bits per heavy atom. The van der Waals surface area contributed by atoms with E-state index in [1.807, 2.05) is 46.3 Å². The van der Waals surface area contributed by atoms with Crippen molar-refractivity contribution < 1.29 is 0 Å². The highest BCUT2D eigenvalue weighted by Gasteiger charge is 2.12. The molecule has 4 N–H and O–H groups in total. The molecule has 2 aromatic heterocycles. The van der Waals surface area contributed by atoms with Gasteiger partial charge in [-0.2, -0.15) is 5.10 Å². The number of imidazole rings is 1. The van der Waals surface area contributed by atoms with Crippen LogP contribution in [0.1, 0.15) is 5.69 Å². The topological polar surface area (TPSA) is 94.1 Å². The van der Waals surface area contributed by atoms with Crippen LogP contribution in [0.15, 0.2) is 52.1 Å². The van der Waals surface area contributed by atoms with E-state index in [-0.39, 0.29) is 5.96 Å². The third-order valence-electron chi connectivity index (χ3n) is 2.70. The Hall–Kier alpha value is -2.67. The number of fused-ring (bicyclic) bond motifs is 1. The molecule has 0 saturated carbocycles. The molecule has 2 heterocycles. The Kier molecular flexibility index (Phi) is 3.18. The van der Waals surface area contributed by atoms with Crippen LogP contribution in [0.4, 0.5) is 0 Å². The second kappa shape index (κ2) is 5.14. The lowest BCUT2D eigenvalue weighted by atomic mass is 10.1. The van der Waals surface area contributed by atoms with Crippen LogP contribution in [0.25, 0.3) is 16.2 Å². The first-order valence-corrected chi connectivity index (χ1v) is 6.76. The van der Waals surface area contributed by atoms with Crippen molar-refractivity contribution in [2.45, 2.75) is 0 Å². The van der Waals surface area contributed by atoms with Crippen molar-refractivity contribution in [3.8, 4) is 11.3 Å². The van der Waals surface area contributed by atoms with E-state index < -0.39 is 0 Å². The van der Waals surface area contributed by atoms with Crippen molar-refractivity contribution in [3.63, 3.8) is 0 Å². The number of hydrogen-bond donors (Lipinski definition) is 2. The highest BCUT2D eigenvalue weighted by Crippen LogP contribution is 2.25. The summed E-state index contributed by atoms with van der Waals surface area (Å²) in [5.74, 6) is -0.0754. The highest BCUT2D eigenvalue weighted by atomic mass is 32.1. The Morgan fingerprint density at radius 2 is 2.05 bits per heavy atom. The van der Waals surface area contributed by atoms with Crippen molar-refractivity contribution in [3.05, 3.63) is 47.6 Å². The van der Waals surface area contributed by atoms with Gasteiger partial charge < -0.3 is 11.5 Å². The van der Waals surface area contributed by atoms with Crippen molar-refractivity contribution in [2.75, 3.05) is 0 Å². The number of aromatic nitrogens is 2. The summed E-state index contributed by atoms with van der Waals surface area (Å²) in [5, 5.41) is 9.48. The average Bonchev–Trinajstić information content (AvgIpc) is 3.01. The van der Waals surface area contributed by atoms with Gasteiger partial charge in [0.1, 0.15) is 0 Å². The second-order valence-corrected chi connectivity index (χ2v) is 4.91. The lowest BCUT2D eigenvalue weighted by molar-refractivity contribution is 1.18. The van der Waals surface area contributed by atoms with Gasteiger partial charge in [0.15, 0.2) is 4.96 Å². The molecule has 100 valence electrons. The number of guanidine groups is 1. The average molecular weight is 284 g/mol. The zero-order valence-electron chi connectivity index (χ0n) is 10.5. The van der Waals surface area contributed by atoms with E-state index in [4.69, 9.17) is 11.5 Å². The predicted octanol–water partition coefficient (Wildman–Crippen LogP) is 1.67. The lowest BCUT2D eigenvalue weighted by Crippen LogP contribution is -2.21. The normalized spacial score (nSPS) is 11.2. The van der Waals surface area contributed by atoms with Crippen LogP contribution in [-0.2, 0) is 0 Å². The van der Waals surface area contributed by atoms with Gasteiger partial charge in [0, 0.05) is 17.1 Å². The number of benzene rings is 1. The quantitative estimate of drug-likeness (QED) is 0.435. The van der Waals surface area contributed by atoms with E-state index in [0.717, 1.165) is 21.9 Å². The minimum absolute atomic E-state index is 0.0754. The first-order valence-electron chi connectivity index (χ1n) is 5.88. The largest absolute Gasteiger partial charge is 0.369 e. The molecule has 0 aliphatic rings. The molecule has 0 atom stereocenters. The molecule has 3 rings (SSSR count). The van der Waals surface area contributed by atoms with E-state index in [1.165, 1.54) is 0 Å². The summed E-state index contributed by atoms with van der Waals surface area (Å²) in [6, 6.07) is 9.92. The van der Waals surface area contributed by atoms with E-state index in [0.29, 0.717) is 0 Å². The second-order valence-electron chi connectivity index (χ2n) is 4.04. The SMILES string of the molecule is NC(N)=N/N=C\c1c(-c2ccccc2)nc2sccn12. The van der Waals surface area contributed by atoms with Gasteiger partial charge >= 0.3 is 0 Å². The van der Waals surface area contributed by atoms with Gasteiger partial charge in [0.05, 0.1) is 17.6 Å². The maximum Gasteiger partial charge on any atom is 0.211 e. The standard InChI is InChI=1S/C13H12N6S/c14-12(15)18-16-8-10-11(9-4-2-1-3-5-9)17-13-19(10)6-7-20-13/h1-8H,(H4,14,15,18)/b16-8-. The molecule has 7 heteroatoms. The molecule has 3 aromatic rings. The summed E-state index contributed by atoms with van der Waals surface area (Å²) >= 11 is 1.56. The monoisotopic (exact) mass is 284 g/mol. The van der Waals surface area contributed by atoms with Gasteiger partial charge in [-0.3, -0.25) is 4.40 Å². The molecule has 0 saturated heterocycles. The zero-order valence-corrected chi connectivity index (χ0v) is 11.3. The minimum atomic E-state index is -0.0754. The van der Waals surface area contributed by atoms with Gasteiger partial charge in [-0.25, -0.2) is 4.98 Å². The smallest absolute Gasteiger partial charge is 0.211 e. The van der Waals surface area contributed by atoms with E-state index in [2.05, 4.69) is 15.2 Å². The molecule has 0 amide bonds. The third-order valence-corrected chi connectivity index (χ3v) is 3.46. The van der Waals surface area contributed by atoms with Gasteiger partial charge in [-0.1, -0.05) is 30.3 Å². The van der Waals surface area contributed by atoms with Gasteiger partial charge in [-0.15, -0.1) is 16.4 Å². The number of hydrogen-bond acceptors (Lipinski definition) is 4.